The predicted octanol–water partition coefficient (Wildman–Crippen LogP) is 3.93. The highest BCUT2D eigenvalue weighted by Gasteiger charge is 2.25. The van der Waals surface area contributed by atoms with Crippen molar-refractivity contribution in [3.63, 3.8) is 0 Å². The Bertz CT molecular complexity index is 998. The molecule has 2 aliphatic heterocycles. The highest BCUT2D eigenvalue weighted by atomic mass is 32.2. The Balaban J connectivity index is 1.63. The molecule has 0 atom stereocenters. The Morgan fingerprint density at radius 3 is 2.74 bits per heavy atom. The molecule has 0 radical (unpaired) electrons. The normalized spacial score (nSPS) is 18.3. The monoisotopic (exact) mass is 382 g/mol. The number of hydrogen-bond acceptors (Lipinski definition) is 6. The van der Waals surface area contributed by atoms with Gasteiger partial charge in [0.1, 0.15) is 11.4 Å². The van der Waals surface area contributed by atoms with Gasteiger partial charge in [0.15, 0.2) is 16.7 Å². The highest BCUT2D eigenvalue weighted by Crippen LogP contribution is 2.37. The fourth-order valence-corrected chi connectivity index (χ4v) is 3.66. The molecule has 1 saturated heterocycles. The summed E-state index contributed by atoms with van der Waals surface area (Å²) in [6.45, 7) is 4.18. The van der Waals surface area contributed by atoms with Crippen molar-refractivity contribution in [2.45, 2.75) is 13.8 Å². The highest BCUT2D eigenvalue weighted by molar-refractivity contribution is 8.18. The van der Waals surface area contributed by atoms with E-state index in [0.717, 1.165) is 22.4 Å². The van der Waals surface area contributed by atoms with E-state index in [1.807, 2.05) is 50.3 Å². The van der Waals surface area contributed by atoms with Crippen LogP contribution in [0.25, 0.3) is 6.08 Å². The van der Waals surface area contributed by atoms with Crippen LogP contribution in [0.2, 0.25) is 0 Å². The number of amides is 1. The molecule has 6 nitrogen and oxygen atoms in total. The number of aliphatic imine (C=N–C) groups is 1. The summed E-state index contributed by atoms with van der Waals surface area (Å²) in [5.74, 6) is 1.90. The minimum atomic E-state index is -0.178. The van der Waals surface area contributed by atoms with Gasteiger partial charge in [-0.05, 0) is 72.6 Å². The van der Waals surface area contributed by atoms with Crippen LogP contribution < -0.4 is 19.5 Å². The summed E-state index contributed by atoms with van der Waals surface area (Å²) in [4.78, 5) is 17.5. The number of carbonyl (C=O) groups is 1. The largest absolute Gasteiger partial charge is 0.494 e. The van der Waals surface area contributed by atoms with Crippen LogP contribution in [0.1, 0.15) is 16.7 Å². The smallest absolute Gasteiger partial charge is 0.264 e. The second-order valence-electron chi connectivity index (χ2n) is 6.22. The number of thioether (sulfide) groups is 1. The summed E-state index contributed by atoms with van der Waals surface area (Å²) in [6, 6.07) is 9.54. The van der Waals surface area contributed by atoms with Crippen LogP contribution in [0.5, 0.6) is 17.2 Å². The zero-order valence-corrected chi connectivity index (χ0v) is 16.0. The topological polar surface area (TPSA) is 69.2 Å². The van der Waals surface area contributed by atoms with Crippen molar-refractivity contribution < 1.29 is 19.0 Å². The van der Waals surface area contributed by atoms with Gasteiger partial charge in [0.25, 0.3) is 5.91 Å². The first-order valence-corrected chi connectivity index (χ1v) is 9.19. The lowest BCUT2D eigenvalue weighted by Crippen LogP contribution is -2.19. The number of hydrogen-bond donors (Lipinski definition) is 1. The van der Waals surface area contributed by atoms with Gasteiger partial charge in [0.2, 0.25) is 6.79 Å². The van der Waals surface area contributed by atoms with E-state index in [-0.39, 0.29) is 12.7 Å². The average molecular weight is 382 g/mol. The minimum absolute atomic E-state index is 0.178. The average Bonchev–Trinajstić information content (AvgIpc) is 3.21. The number of rotatable bonds is 3. The maximum Gasteiger partial charge on any atom is 0.264 e. The molecule has 2 aromatic rings. The van der Waals surface area contributed by atoms with Gasteiger partial charge in [-0.15, -0.1) is 0 Å². The van der Waals surface area contributed by atoms with Crippen LogP contribution in [0.4, 0.5) is 5.69 Å². The lowest BCUT2D eigenvalue weighted by molar-refractivity contribution is -0.115. The Morgan fingerprint density at radius 1 is 1.19 bits per heavy atom. The van der Waals surface area contributed by atoms with E-state index in [0.29, 0.717) is 27.3 Å². The van der Waals surface area contributed by atoms with Crippen molar-refractivity contribution in [3.8, 4) is 17.2 Å². The van der Waals surface area contributed by atoms with Crippen molar-refractivity contribution >= 4 is 34.6 Å². The van der Waals surface area contributed by atoms with E-state index >= 15 is 0 Å². The Hall–Kier alpha value is -2.93. The molecule has 27 heavy (non-hydrogen) atoms. The van der Waals surface area contributed by atoms with Crippen molar-refractivity contribution in [2.24, 2.45) is 4.99 Å². The number of ether oxygens (including phenoxy) is 3. The van der Waals surface area contributed by atoms with Crippen LogP contribution in [-0.2, 0) is 4.79 Å². The SMILES string of the molecule is COc1ccc(C)cc1N=C1NC(=O)C(=Cc2cc3c(cc2C)OCO3)S1. The van der Waals surface area contributed by atoms with E-state index < -0.39 is 0 Å². The maximum absolute atomic E-state index is 12.4. The molecule has 0 spiro atoms. The lowest BCUT2D eigenvalue weighted by atomic mass is 10.1. The fourth-order valence-electron chi connectivity index (χ4n) is 2.83. The van der Waals surface area contributed by atoms with Gasteiger partial charge in [-0.1, -0.05) is 6.07 Å². The zero-order valence-electron chi connectivity index (χ0n) is 15.2. The van der Waals surface area contributed by atoms with Gasteiger partial charge in [0, 0.05) is 0 Å². The van der Waals surface area contributed by atoms with Crippen LogP contribution in [0.15, 0.2) is 40.2 Å². The first-order chi connectivity index (χ1) is 13.0. The van der Waals surface area contributed by atoms with Crippen LogP contribution in [0.3, 0.4) is 0 Å². The number of benzene rings is 2. The summed E-state index contributed by atoms with van der Waals surface area (Å²) < 4.78 is 16.2. The van der Waals surface area contributed by atoms with Gasteiger partial charge in [0.05, 0.1) is 12.0 Å². The predicted molar refractivity (Wildman–Crippen MR) is 106 cm³/mol. The Morgan fingerprint density at radius 2 is 1.96 bits per heavy atom. The van der Waals surface area contributed by atoms with E-state index in [1.54, 1.807) is 7.11 Å². The lowest BCUT2D eigenvalue weighted by Gasteiger charge is -2.05. The van der Waals surface area contributed by atoms with Gasteiger partial charge >= 0.3 is 0 Å². The van der Waals surface area contributed by atoms with Crippen LogP contribution in [0, 0.1) is 13.8 Å². The zero-order chi connectivity index (χ0) is 19.0. The maximum atomic E-state index is 12.4. The second-order valence-corrected chi connectivity index (χ2v) is 7.25. The number of carbonyl (C=O) groups excluding carboxylic acids is 1. The quantitative estimate of drug-likeness (QED) is 0.815. The summed E-state index contributed by atoms with van der Waals surface area (Å²) >= 11 is 1.30. The van der Waals surface area contributed by atoms with Crippen molar-refractivity contribution in [1.29, 1.82) is 0 Å². The standard InChI is InChI=1S/C20H18N2O4S/c1-11-4-5-15(24-3)14(6-11)21-20-22-19(23)18(27-20)9-13-8-17-16(7-12(13)2)25-10-26-17/h4-9H,10H2,1-3H3,(H,21,22,23). The molecule has 7 heteroatoms. The summed E-state index contributed by atoms with van der Waals surface area (Å²) in [5.41, 5.74) is 3.66. The third-order valence-electron chi connectivity index (χ3n) is 4.26. The molecule has 0 bridgehead atoms. The molecular formula is C20H18N2O4S. The van der Waals surface area contributed by atoms with E-state index in [1.165, 1.54) is 11.8 Å². The number of fused-ring (bicyclic) bond motifs is 1. The van der Waals surface area contributed by atoms with Gasteiger partial charge < -0.3 is 19.5 Å². The van der Waals surface area contributed by atoms with Gasteiger partial charge in [-0.2, -0.15) is 0 Å². The Kier molecular flexibility index (Phi) is 4.53. The fraction of sp³-hybridized carbons (Fsp3) is 0.200. The van der Waals surface area contributed by atoms with E-state index in [2.05, 4.69) is 10.3 Å². The van der Waals surface area contributed by atoms with E-state index in [4.69, 9.17) is 14.2 Å². The molecule has 0 saturated carbocycles. The first kappa shape index (κ1) is 17.5. The molecule has 1 N–H and O–H groups in total. The number of aryl methyl sites for hydroxylation is 2. The molecule has 1 amide bonds. The third-order valence-corrected chi connectivity index (χ3v) is 5.16. The number of nitrogens with zero attached hydrogens (tertiary/aromatic N) is 1. The molecule has 4 rings (SSSR count). The number of methoxy groups -OCH3 is 1. The number of amidine groups is 1. The van der Waals surface area contributed by atoms with Crippen molar-refractivity contribution in [2.75, 3.05) is 13.9 Å². The van der Waals surface area contributed by atoms with Gasteiger partial charge in [-0.25, -0.2) is 4.99 Å². The molecule has 0 unspecified atom stereocenters. The number of nitrogens with one attached hydrogen (secondary N) is 1. The molecule has 2 aliphatic rings. The molecule has 1 fully saturated rings. The first-order valence-electron chi connectivity index (χ1n) is 8.38. The van der Waals surface area contributed by atoms with Crippen molar-refractivity contribution in [3.05, 3.63) is 51.9 Å². The second kappa shape index (κ2) is 7.00. The van der Waals surface area contributed by atoms with E-state index in [9.17, 15) is 4.79 Å². The summed E-state index contributed by atoms with van der Waals surface area (Å²) in [5, 5.41) is 3.33. The summed E-state index contributed by atoms with van der Waals surface area (Å²) in [6.07, 6.45) is 1.84. The van der Waals surface area contributed by atoms with Crippen LogP contribution >= 0.6 is 11.8 Å². The molecule has 0 aliphatic carbocycles. The summed E-state index contributed by atoms with van der Waals surface area (Å²) in [7, 11) is 1.60. The molecule has 2 aromatic carbocycles. The van der Waals surface area contributed by atoms with Gasteiger partial charge in [-0.3, -0.25) is 4.79 Å². The molecule has 2 heterocycles. The van der Waals surface area contributed by atoms with Crippen LogP contribution in [-0.4, -0.2) is 25.0 Å². The molecular weight excluding hydrogens is 364 g/mol. The third kappa shape index (κ3) is 3.50. The molecule has 0 aromatic heterocycles. The van der Waals surface area contributed by atoms with Crippen molar-refractivity contribution in [1.82, 2.24) is 5.32 Å². The minimum Gasteiger partial charge on any atom is -0.494 e. The Labute approximate surface area is 161 Å². The molecule has 138 valence electrons.